The number of hydrogen-bond acceptors (Lipinski definition) is 5. The molecule has 0 aliphatic carbocycles. The minimum absolute atomic E-state index is 0.0118. The van der Waals surface area contributed by atoms with Gasteiger partial charge in [0.25, 0.3) is 0 Å². The van der Waals surface area contributed by atoms with Gasteiger partial charge in [-0.25, -0.2) is 12.9 Å². The van der Waals surface area contributed by atoms with Crippen LogP contribution in [0.1, 0.15) is 17.5 Å². The van der Waals surface area contributed by atoms with E-state index in [1.807, 2.05) is 0 Å². The van der Waals surface area contributed by atoms with Crippen molar-refractivity contribution in [1.82, 2.24) is 4.31 Å². The molecule has 1 aliphatic heterocycles. The SMILES string of the molecule is N#Cc1cc(F)ccc1S(=O)N1CCC(O)(CO)C1.Oc1ccc(C(F)(F)F)cc1. The Kier molecular flexibility index (Phi) is 7.54. The lowest BCUT2D eigenvalue weighted by molar-refractivity contribution is -0.137. The molecule has 3 N–H and O–H groups in total. The second-order valence-corrected chi connectivity index (χ2v) is 8.00. The summed E-state index contributed by atoms with van der Waals surface area (Å²) in [6.45, 7) is -0.0144. The lowest BCUT2D eigenvalue weighted by atomic mass is 10.1. The monoisotopic (exact) mass is 446 g/mol. The lowest BCUT2D eigenvalue weighted by Gasteiger charge is -2.20. The van der Waals surface area contributed by atoms with E-state index in [0.717, 1.165) is 36.4 Å². The molecule has 0 amide bonds. The van der Waals surface area contributed by atoms with Gasteiger partial charge in [0.15, 0.2) is 0 Å². The zero-order chi connectivity index (χ0) is 22.5. The van der Waals surface area contributed by atoms with Gasteiger partial charge < -0.3 is 15.3 Å². The first-order chi connectivity index (χ1) is 14.0. The van der Waals surface area contributed by atoms with Gasteiger partial charge in [0.2, 0.25) is 0 Å². The summed E-state index contributed by atoms with van der Waals surface area (Å²) in [6.07, 6.45) is -4.02. The van der Waals surface area contributed by atoms with E-state index in [1.54, 1.807) is 6.07 Å². The summed E-state index contributed by atoms with van der Waals surface area (Å²) in [7, 11) is -1.65. The highest BCUT2D eigenvalue weighted by atomic mass is 32.2. The fourth-order valence-corrected chi connectivity index (χ4v) is 3.99. The molecule has 2 atom stereocenters. The van der Waals surface area contributed by atoms with Gasteiger partial charge in [-0.05, 0) is 48.9 Å². The van der Waals surface area contributed by atoms with Crippen molar-refractivity contribution in [2.45, 2.75) is 23.1 Å². The first kappa shape index (κ1) is 23.8. The Morgan fingerprint density at radius 2 is 1.83 bits per heavy atom. The van der Waals surface area contributed by atoms with E-state index in [0.29, 0.717) is 13.0 Å². The first-order valence-corrected chi connectivity index (χ1v) is 9.66. The number of phenolic OH excluding ortho intramolecular Hbond substituents is 1. The number of nitriles is 1. The number of aromatic hydroxyl groups is 1. The zero-order valence-electron chi connectivity index (χ0n) is 15.4. The van der Waals surface area contributed by atoms with Crippen LogP contribution in [0.2, 0.25) is 0 Å². The quantitative estimate of drug-likeness (QED) is 0.629. The van der Waals surface area contributed by atoms with Gasteiger partial charge in [-0.1, -0.05) is 0 Å². The predicted octanol–water partition coefficient (Wildman–Crippen LogP) is 2.56. The standard InChI is InChI=1S/C12H13FN2O3S.C7H5F3O/c13-10-1-2-11(9(5-10)6-14)19(18)15-4-3-12(17,7-15)8-16;8-7(9,10)5-1-3-6(11)4-2-5/h1-2,5,16-17H,3-4,7-8H2;1-4,11H. The van der Waals surface area contributed by atoms with Crippen LogP contribution in [0.15, 0.2) is 47.4 Å². The first-order valence-electron chi connectivity index (χ1n) is 8.55. The molecule has 1 saturated heterocycles. The highest BCUT2D eigenvalue weighted by Gasteiger charge is 2.38. The van der Waals surface area contributed by atoms with Gasteiger partial charge in [0.1, 0.15) is 34.2 Å². The average molecular weight is 446 g/mol. The van der Waals surface area contributed by atoms with Gasteiger partial charge in [-0.2, -0.15) is 18.4 Å². The molecule has 0 spiro atoms. The maximum atomic E-state index is 13.0. The number of hydrogen-bond donors (Lipinski definition) is 3. The molecule has 6 nitrogen and oxygen atoms in total. The van der Waals surface area contributed by atoms with Crippen LogP contribution in [0.5, 0.6) is 5.75 Å². The lowest BCUT2D eigenvalue weighted by Crippen LogP contribution is -2.37. The molecule has 2 aromatic carbocycles. The molecule has 30 heavy (non-hydrogen) atoms. The highest BCUT2D eigenvalue weighted by Crippen LogP contribution is 2.30. The molecular weight excluding hydrogens is 428 g/mol. The van der Waals surface area contributed by atoms with Crippen LogP contribution in [-0.2, 0) is 17.2 Å². The Bertz CT molecular complexity index is 947. The summed E-state index contributed by atoms with van der Waals surface area (Å²) >= 11 is 0. The molecule has 0 saturated carbocycles. The predicted molar refractivity (Wildman–Crippen MR) is 98.9 cm³/mol. The van der Waals surface area contributed by atoms with E-state index < -0.39 is 40.8 Å². The van der Waals surface area contributed by atoms with E-state index in [4.69, 9.17) is 15.5 Å². The third-order valence-electron chi connectivity index (χ3n) is 4.27. The van der Waals surface area contributed by atoms with E-state index in [1.165, 1.54) is 10.4 Å². The second-order valence-electron chi connectivity index (χ2n) is 6.54. The second kappa shape index (κ2) is 9.53. The van der Waals surface area contributed by atoms with E-state index in [-0.39, 0.29) is 22.8 Å². The third kappa shape index (κ3) is 5.99. The maximum absolute atomic E-state index is 13.0. The van der Waals surface area contributed by atoms with Crippen LogP contribution in [-0.4, -0.2) is 49.1 Å². The summed E-state index contributed by atoms with van der Waals surface area (Å²) in [5.41, 5.74) is -2.00. The minimum Gasteiger partial charge on any atom is -0.508 e. The summed E-state index contributed by atoms with van der Waals surface area (Å²) in [6, 6.07) is 8.94. The van der Waals surface area contributed by atoms with Crippen LogP contribution in [0.25, 0.3) is 0 Å². The topological polar surface area (TPSA) is 105 Å². The Balaban J connectivity index is 0.000000248. The van der Waals surface area contributed by atoms with Crippen molar-refractivity contribution < 1.29 is 37.1 Å². The Morgan fingerprint density at radius 1 is 1.20 bits per heavy atom. The van der Waals surface area contributed by atoms with Crippen molar-refractivity contribution in [2.75, 3.05) is 19.7 Å². The van der Waals surface area contributed by atoms with E-state index in [2.05, 4.69) is 0 Å². The molecule has 2 aromatic rings. The number of aliphatic hydroxyl groups is 2. The van der Waals surface area contributed by atoms with Crippen molar-refractivity contribution in [3.05, 3.63) is 59.4 Å². The molecule has 2 unspecified atom stereocenters. The van der Waals surface area contributed by atoms with Crippen LogP contribution in [0.4, 0.5) is 17.6 Å². The summed E-state index contributed by atoms with van der Waals surface area (Å²) in [4.78, 5) is 0.214. The Hall–Kier alpha value is -2.52. The fraction of sp³-hybridized carbons (Fsp3) is 0.316. The summed E-state index contributed by atoms with van der Waals surface area (Å²) in [5.74, 6) is -0.733. The van der Waals surface area contributed by atoms with Crippen molar-refractivity contribution in [3.63, 3.8) is 0 Å². The van der Waals surface area contributed by atoms with Gasteiger partial charge in [0, 0.05) is 13.1 Å². The maximum Gasteiger partial charge on any atom is 0.416 e. The number of benzene rings is 2. The van der Waals surface area contributed by atoms with E-state index >= 15 is 0 Å². The molecule has 0 radical (unpaired) electrons. The van der Waals surface area contributed by atoms with Crippen molar-refractivity contribution in [1.29, 1.82) is 5.26 Å². The number of phenols is 1. The molecule has 1 fully saturated rings. The van der Waals surface area contributed by atoms with Crippen molar-refractivity contribution in [2.24, 2.45) is 0 Å². The summed E-state index contributed by atoms with van der Waals surface area (Å²) in [5, 5.41) is 36.5. The van der Waals surface area contributed by atoms with Crippen LogP contribution in [0.3, 0.4) is 0 Å². The third-order valence-corrected chi connectivity index (χ3v) is 5.78. The number of rotatable bonds is 3. The number of nitrogens with zero attached hydrogens (tertiary/aromatic N) is 2. The zero-order valence-corrected chi connectivity index (χ0v) is 16.3. The minimum atomic E-state index is -4.33. The summed E-state index contributed by atoms with van der Waals surface area (Å²) < 4.78 is 62.3. The van der Waals surface area contributed by atoms with Crippen LogP contribution in [0, 0.1) is 17.1 Å². The van der Waals surface area contributed by atoms with Crippen molar-refractivity contribution >= 4 is 11.0 Å². The number of alkyl halides is 3. The molecule has 0 bridgehead atoms. The van der Waals surface area contributed by atoms with Crippen LogP contribution < -0.4 is 0 Å². The van der Waals surface area contributed by atoms with Gasteiger partial charge in [0.05, 0.1) is 22.6 Å². The largest absolute Gasteiger partial charge is 0.508 e. The Labute approximate surface area is 172 Å². The molecule has 162 valence electrons. The highest BCUT2D eigenvalue weighted by molar-refractivity contribution is 7.82. The normalized spacial score (nSPS) is 20.2. The number of β-amino-alcohol motifs (C(OH)–C–C–N with tert-alkyl or cyclic N) is 1. The Morgan fingerprint density at radius 3 is 2.33 bits per heavy atom. The van der Waals surface area contributed by atoms with Gasteiger partial charge in [-0.3, -0.25) is 0 Å². The molecule has 3 rings (SSSR count). The molecule has 1 aliphatic rings. The average Bonchev–Trinajstić information content (AvgIpc) is 3.10. The molecule has 0 aromatic heterocycles. The van der Waals surface area contributed by atoms with Crippen LogP contribution >= 0.6 is 0 Å². The smallest absolute Gasteiger partial charge is 0.416 e. The van der Waals surface area contributed by atoms with Gasteiger partial charge >= 0.3 is 6.18 Å². The van der Waals surface area contributed by atoms with E-state index in [9.17, 15) is 26.9 Å². The van der Waals surface area contributed by atoms with Crippen molar-refractivity contribution in [3.8, 4) is 11.8 Å². The van der Waals surface area contributed by atoms with Gasteiger partial charge in [-0.15, -0.1) is 0 Å². The fourth-order valence-electron chi connectivity index (χ4n) is 2.62. The molecule has 1 heterocycles. The molecular formula is C19H18F4N2O4S. The number of aliphatic hydroxyl groups excluding tert-OH is 1. The molecule has 11 heteroatoms. The number of halogens is 4.